The molecule has 0 amide bonds. The summed E-state index contributed by atoms with van der Waals surface area (Å²) in [5.41, 5.74) is 0. The molecule has 0 bridgehead atoms. The van der Waals surface area contributed by atoms with E-state index in [9.17, 15) is 0 Å². The van der Waals surface area contributed by atoms with Crippen LogP contribution in [0.5, 0.6) is 0 Å². The third-order valence-electron chi connectivity index (χ3n) is 0.487. The zero-order valence-corrected chi connectivity index (χ0v) is 4.22. The average molecular weight is 130 g/mol. The molecule has 1 radical (unpaired) electrons. The molecule has 0 aromatic rings. The van der Waals surface area contributed by atoms with Crippen molar-refractivity contribution in [3.8, 4) is 0 Å². The predicted molar refractivity (Wildman–Crippen MR) is 19.3 cm³/mol. The average Bonchev–Trinajstić information content (AvgIpc) is 1.76. The fourth-order valence-electron chi connectivity index (χ4n) is 0.264. The van der Waals surface area contributed by atoms with Crippen molar-refractivity contribution < 1.29 is 21.5 Å². The normalized spacial score (nSPS) is 16.0. The van der Waals surface area contributed by atoms with Crippen LogP contribution in [0.2, 0.25) is 0 Å². The Morgan fingerprint density at radius 1 is 1.67 bits per heavy atom. The van der Waals surface area contributed by atoms with Gasteiger partial charge in [-0.3, -0.25) is 4.99 Å². The van der Waals surface area contributed by atoms with Gasteiger partial charge in [-0.1, -0.05) is 0 Å². The smallest absolute Gasteiger partial charge is 0.169 e. The van der Waals surface area contributed by atoms with Crippen LogP contribution in [0, 0.1) is 0 Å². The second-order valence-corrected chi connectivity index (χ2v) is 0.882. The number of hydrogen-bond donors (Lipinski definition) is 0. The van der Waals surface area contributed by atoms with Crippen LogP contribution in [-0.4, -0.2) is 19.6 Å². The molecule has 0 atom stereocenters. The first-order valence-electron chi connectivity index (χ1n) is 1.60. The van der Waals surface area contributed by atoms with Crippen LogP contribution in [0.15, 0.2) is 4.99 Å². The van der Waals surface area contributed by atoms with Crippen LogP contribution < -0.4 is 0 Å². The van der Waals surface area contributed by atoms with Gasteiger partial charge in [0.05, 0.1) is 6.54 Å². The molecule has 1 aliphatic rings. The largest absolute Gasteiger partial charge is 0.482 e. The van der Waals surface area contributed by atoms with Crippen molar-refractivity contribution >= 4 is 6.40 Å². The minimum absolute atomic E-state index is 0. The van der Waals surface area contributed by atoms with Gasteiger partial charge in [-0.2, -0.15) is 0 Å². The molecule has 0 saturated heterocycles. The summed E-state index contributed by atoms with van der Waals surface area (Å²) in [6, 6.07) is 0. The molecular formula is C3H5CoNO. The van der Waals surface area contributed by atoms with Crippen molar-refractivity contribution in [1.29, 1.82) is 0 Å². The molecule has 0 saturated carbocycles. The first-order chi connectivity index (χ1) is 2.50. The van der Waals surface area contributed by atoms with E-state index in [2.05, 4.69) is 9.73 Å². The number of nitrogens with zero attached hydrogens (tertiary/aromatic N) is 1. The molecular weight excluding hydrogens is 125 g/mol. The Morgan fingerprint density at radius 2 is 2.50 bits per heavy atom. The minimum Gasteiger partial charge on any atom is -0.482 e. The summed E-state index contributed by atoms with van der Waals surface area (Å²) in [5, 5.41) is 0. The van der Waals surface area contributed by atoms with E-state index in [4.69, 9.17) is 0 Å². The zero-order valence-electron chi connectivity index (χ0n) is 3.18. The van der Waals surface area contributed by atoms with Gasteiger partial charge in [0.15, 0.2) is 6.40 Å². The van der Waals surface area contributed by atoms with E-state index >= 15 is 0 Å². The minimum atomic E-state index is 0. The van der Waals surface area contributed by atoms with Gasteiger partial charge in [-0.25, -0.2) is 0 Å². The molecule has 0 spiro atoms. The zero-order chi connectivity index (χ0) is 3.54. The number of ether oxygens (including phenoxy) is 1. The van der Waals surface area contributed by atoms with Gasteiger partial charge >= 0.3 is 0 Å². The van der Waals surface area contributed by atoms with Crippen molar-refractivity contribution in [2.75, 3.05) is 13.2 Å². The second kappa shape index (κ2) is 3.18. The fraction of sp³-hybridized carbons (Fsp3) is 0.667. The van der Waals surface area contributed by atoms with Crippen LogP contribution >= 0.6 is 0 Å². The van der Waals surface area contributed by atoms with Crippen LogP contribution in [0.1, 0.15) is 0 Å². The van der Waals surface area contributed by atoms with E-state index in [-0.39, 0.29) is 16.8 Å². The molecule has 0 N–H and O–H groups in total. The summed E-state index contributed by atoms with van der Waals surface area (Å²) in [6.07, 6.45) is 1.49. The number of aliphatic imine (C=N–C) groups is 1. The summed E-state index contributed by atoms with van der Waals surface area (Å²) in [5.74, 6) is 0. The Balaban J connectivity index is 0.000000250. The van der Waals surface area contributed by atoms with Crippen LogP contribution in [0.4, 0.5) is 0 Å². The van der Waals surface area contributed by atoms with Gasteiger partial charge in [0.25, 0.3) is 0 Å². The first kappa shape index (κ1) is 5.98. The maximum Gasteiger partial charge on any atom is 0.169 e. The number of hydrogen-bond acceptors (Lipinski definition) is 2. The van der Waals surface area contributed by atoms with E-state index in [0.717, 1.165) is 13.2 Å². The maximum atomic E-state index is 4.65. The summed E-state index contributed by atoms with van der Waals surface area (Å²) in [7, 11) is 0. The predicted octanol–water partition coefficient (Wildman–Crippen LogP) is 0.0424. The third kappa shape index (κ3) is 1.42. The summed E-state index contributed by atoms with van der Waals surface area (Å²) in [4.78, 5) is 3.74. The van der Waals surface area contributed by atoms with Crippen molar-refractivity contribution in [3.05, 3.63) is 0 Å². The van der Waals surface area contributed by atoms with Gasteiger partial charge in [-0.15, -0.1) is 0 Å². The molecule has 6 heavy (non-hydrogen) atoms. The quantitative estimate of drug-likeness (QED) is 0.453. The van der Waals surface area contributed by atoms with E-state index < -0.39 is 0 Å². The molecule has 1 rings (SSSR count). The molecule has 0 fully saturated rings. The Labute approximate surface area is 46.8 Å². The van der Waals surface area contributed by atoms with E-state index in [1.807, 2.05) is 0 Å². The SMILES string of the molecule is C1=NCCO1.[Co]. The molecule has 1 aliphatic heterocycles. The van der Waals surface area contributed by atoms with Gasteiger partial charge in [0.2, 0.25) is 0 Å². The topological polar surface area (TPSA) is 21.6 Å². The van der Waals surface area contributed by atoms with Crippen molar-refractivity contribution in [3.63, 3.8) is 0 Å². The standard InChI is InChI=1S/C3H5NO.Co/c1-2-5-3-4-1;/h3H,1-2H2;. The molecule has 0 aliphatic carbocycles. The van der Waals surface area contributed by atoms with Crippen LogP contribution in [-0.2, 0) is 21.5 Å². The molecule has 0 unspecified atom stereocenters. The van der Waals surface area contributed by atoms with E-state index in [1.54, 1.807) is 0 Å². The van der Waals surface area contributed by atoms with E-state index in [1.165, 1.54) is 6.40 Å². The van der Waals surface area contributed by atoms with Crippen LogP contribution in [0.25, 0.3) is 0 Å². The Bertz CT molecular complexity index is 48.8. The summed E-state index contributed by atoms with van der Waals surface area (Å²) < 4.78 is 4.65. The molecule has 1 heterocycles. The third-order valence-corrected chi connectivity index (χ3v) is 0.487. The molecule has 0 aromatic heterocycles. The summed E-state index contributed by atoms with van der Waals surface area (Å²) >= 11 is 0. The molecule has 0 aromatic carbocycles. The van der Waals surface area contributed by atoms with Crippen molar-refractivity contribution in [1.82, 2.24) is 0 Å². The Kier molecular flexibility index (Phi) is 3.16. The Morgan fingerprint density at radius 3 is 2.67 bits per heavy atom. The first-order valence-corrected chi connectivity index (χ1v) is 1.60. The van der Waals surface area contributed by atoms with Crippen molar-refractivity contribution in [2.45, 2.75) is 0 Å². The summed E-state index contributed by atoms with van der Waals surface area (Å²) in [6.45, 7) is 1.62. The number of rotatable bonds is 0. The monoisotopic (exact) mass is 130 g/mol. The molecule has 3 heteroatoms. The van der Waals surface area contributed by atoms with Gasteiger partial charge in [0, 0.05) is 16.8 Å². The van der Waals surface area contributed by atoms with Crippen LogP contribution in [0.3, 0.4) is 0 Å². The van der Waals surface area contributed by atoms with E-state index in [0.29, 0.717) is 0 Å². The molecule has 2 nitrogen and oxygen atoms in total. The maximum absolute atomic E-state index is 4.65. The second-order valence-electron chi connectivity index (χ2n) is 0.882. The van der Waals surface area contributed by atoms with Gasteiger partial charge in [-0.05, 0) is 0 Å². The van der Waals surface area contributed by atoms with Gasteiger partial charge in [0.1, 0.15) is 6.61 Å². The Hall–Kier alpha value is -0.0235. The van der Waals surface area contributed by atoms with Gasteiger partial charge < -0.3 is 4.74 Å². The molecule has 37 valence electrons. The fourth-order valence-corrected chi connectivity index (χ4v) is 0.264. The van der Waals surface area contributed by atoms with Crippen molar-refractivity contribution in [2.24, 2.45) is 4.99 Å².